The largest absolute Gasteiger partial charge is 0.374 e. The van der Waals surface area contributed by atoms with Gasteiger partial charge in [-0.3, -0.25) is 4.90 Å². The van der Waals surface area contributed by atoms with E-state index in [0.717, 1.165) is 29.7 Å². The molecule has 0 aromatic carbocycles. The average molecular weight is 282 g/mol. The van der Waals surface area contributed by atoms with E-state index < -0.39 is 0 Å². The molecule has 0 amide bonds. The first-order chi connectivity index (χ1) is 9.33. The third kappa shape index (κ3) is 4.42. The van der Waals surface area contributed by atoms with Gasteiger partial charge in [-0.2, -0.15) is 0 Å². The molecule has 1 unspecified atom stereocenters. The van der Waals surface area contributed by atoms with Crippen molar-refractivity contribution < 1.29 is 0 Å². The maximum absolute atomic E-state index is 4.28. The molecule has 1 aliphatic rings. The Morgan fingerprint density at radius 1 is 1.32 bits per heavy atom. The molecule has 0 spiro atoms. The maximum atomic E-state index is 4.28. The highest BCUT2D eigenvalue weighted by Gasteiger charge is 2.18. The van der Waals surface area contributed by atoms with Gasteiger partial charge in [-0.25, -0.2) is 0 Å². The van der Waals surface area contributed by atoms with Crippen LogP contribution >= 0.6 is 11.5 Å². The summed E-state index contributed by atoms with van der Waals surface area (Å²) in [7, 11) is 0. The van der Waals surface area contributed by atoms with E-state index in [4.69, 9.17) is 0 Å². The van der Waals surface area contributed by atoms with Gasteiger partial charge in [-0.05, 0) is 45.2 Å². The molecule has 1 N–H and O–H groups in total. The number of anilines is 1. The minimum atomic E-state index is 0.940. The van der Waals surface area contributed by atoms with Gasteiger partial charge in [-0.1, -0.05) is 24.3 Å². The molecule has 108 valence electrons. The molecule has 0 aliphatic carbocycles. The van der Waals surface area contributed by atoms with Crippen LogP contribution < -0.4 is 5.32 Å². The van der Waals surface area contributed by atoms with E-state index in [1.807, 2.05) is 0 Å². The zero-order chi connectivity index (χ0) is 13.5. The quantitative estimate of drug-likeness (QED) is 0.868. The van der Waals surface area contributed by atoms with Gasteiger partial charge in [0, 0.05) is 24.6 Å². The summed E-state index contributed by atoms with van der Waals surface area (Å²) in [5.41, 5.74) is 1.13. The Kier molecular flexibility index (Phi) is 6.04. The molecule has 1 aromatic rings. The lowest BCUT2D eigenvalue weighted by molar-refractivity contribution is 0.268. The first-order valence-electron chi connectivity index (χ1n) is 7.61. The molecular formula is C14H26N4S. The van der Waals surface area contributed by atoms with Crippen LogP contribution in [0.15, 0.2) is 0 Å². The summed E-state index contributed by atoms with van der Waals surface area (Å²) < 4.78 is 4.08. The number of hydrogen-bond acceptors (Lipinski definition) is 5. The maximum Gasteiger partial charge on any atom is 0.134 e. The Balaban J connectivity index is 1.86. The second-order valence-corrected chi connectivity index (χ2v) is 6.19. The molecule has 19 heavy (non-hydrogen) atoms. The Hall–Kier alpha value is -0.680. The molecule has 1 saturated heterocycles. The van der Waals surface area contributed by atoms with Crippen molar-refractivity contribution in [3.05, 3.63) is 5.69 Å². The Morgan fingerprint density at radius 2 is 2.21 bits per heavy atom. The molecule has 1 fully saturated rings. The SMILES string of the molecule is CCCC1CCCN(Cc2nnsc2NCC)CC1. The molecular weight excluding hydrogens is 256 g/mol. The molecule has 0 bridgehead atoms. The number of aromatic nitrogens is 2. The molecule has 2 heterocycles. The van der Waals surface area contributed by atoms with Gasteiger partial charge in [0.2, 0.25) is 0 Å². The van der Waals surface area contributed by atoms with E-state index >= 15 is 0 Å². The summed E-state index contributed by atoms with van der Waals surface area (Å²) in [6.45, 7) is 8.74. The highest BCUT2D eigenvalue weighted by atomic mass is 32.1. The summed E-state index contributed by atoms with van der Waals surface area (Å²) in [5.74, 6) is 0.941. The van der Waals surface area contributed by atoms with Gasteiger partial charge < -0.3 is 5.32 Å². The Morgan fingerprint density at radius 3 is 3.00 bits per heavy atom. The first kappa shape index (κ1) is 14.7. The van der Waals surface area contributed by atoms with Crippen LogP contribution in [0.3, 0.4) is 0 Å². The minimum Gasteiger partial charge on any atom is -0.374 e. The predicted molar refractivity (Wildman–Crippen MR) is 81.6 cm³/mol. The Bertz CT molecular complexity index is 366. The van der Waals surface area contributed by atoms with Gasteiger partial charge in [0.05, 0.1) is 0 Å². The van der Waals surface area contributed by atoms with Crippen LogP contribution in [0.5, 0.6) is 0 Å². The number of likely N-dealkylation sites (tertiary alicyclic amines) is 1. The van der Waals surface area contributed by atoms with Crippen LogP contribution in [-0.2, 0) is 6.54 Å². The van der Waals surface area contributed by atoms with Crippen LogP contribution in [0.2, 0.25) is 0 Å². The number of nitrogens with zero attached hydrogens (tertiary/aromatic N) is 3. The van der Waals surface area contributed by atoms with E-state index in [9.17, 15) is 0 Å². The summed E-state index contributed by atoms with van der Waals surface area (Å²) in [6, 6.07) is 0. The summed E-state index contributed by atoms with van der Waals surface area (Å²) >= 11 is 1.48. The molecule has 0 radical (unpaired) electrons. The van der Waals surface area contributed by atoms with Gasteiger partial charge in [0.25, 0.3) is 0 Å². The van der Waals surface area contributed by atoms with E-state index in [2.05, 4.69) is 33.7 Å². The monoisotopic (exact) mass is 282 g/mol. The zero-order valence-electron chi connectivity index (χ0n) is 12.2. The molecule has 0 saturated carbocycles. The number of hydrogen-bond donors (Lipinski definition) is 1. The van der Waals surface area contributed by atoms with Crippen molar-refractivity contribution in [1.82, 2.24) is 14.5 Å². The molecule has 5 heteroatoms. The standard InChI is InChI=1S/C14H26N4S/c1-3-6-12-7-5-9-18(10-8-12)11-13-14(15-4-2)19-17-16-13/h12,15H,3-11H2,1-2H3. The summed E-state index contributed by atoms with van der Waals surface area (Å²) in [5, 5.41) is 8.79. The van der Waals surface area contributed by atoms with Crippen molar-refractivity contribution in [1.29, 1.82) is 0 Å². The summed E-state index contributed by atoms with van der Waals surface area (Å²) in [4.78, 5) is 2.55. The van der Waals surface area contributed by atoms with Crippen molar-refractivity contribution in [2.75, 3.05) is 25.0 Å². The highest BCUT2D eigenvalue weighted by Crippen LogP contribution is 2.24. The van der Waals surface area contributed by atoms with Gasteiger partial charge >= 0.3 is 0 Å². The fourth-order valence-corrected chi connectivity index (χ4v) is 3.54. The van der Waals surface area contributed by atoms with Crippen molar-refractivity contribution in [3.63, 3.8) is 0 Å². The minimum absolute atomic E-state index is 0.940. The van der Waals surface area contributed by atoms with E-state index in [1.54, 1.807) is 0 Å². The van der Waals surface area contributed by atoms with Crippen LogP contribution in [0.4, 0.5) is 5.00 Å². The molecule has 4 nitrogen and oxygen atoms in total. The summed E-state index contributed by atoms with van der Waals surface area (Å²) in [6.07, 6.45) is 6.81. The first-order valence-corrected chi connectivity index (χ1v) is 8.38. The van der Waals surface area contributed by atoms with Crippen molar-refractivity contribution in [2.24, 2.45) is 5.92 Å². The molecule has 1 aliphatic heterocycles. The van der Waals surface area contributed by atoms with Crippen molar-refractivity contribution >= 4 is 16.5 Å². The normalized spacial score (nSPS) is 21.3. The van der Waals surface area contributed by atoms with Gasteiger partial charge in [0.1, 0.15) is 10.7 Å². The second kappa shape index (κ2) is 7.80. The number of nitrogens with one attached hydrogen (secondary N) is 1. The van der Waals surface area contributed by atoms with Crippen LogP contribution in [0, 0.1) is 5.92 Å². The van der Waals surface area contributed by atoms with Crippen LogP contribution in [0.25, 0.3) is 0 Å². The lowest BCUT2D eigenvalue weighted by Crippen LogP contribution is -2.25. The average Bonchev–Trinajstić information content (AvgIpc) is 2.70. The second-order valence-electron chi connectivity index (χ2n) is 5.44. The zero-order valence-corrected chi connectivity index (χ0v) is 13.0. The third-order valence-electron chi connectivity index (χ3n) is 3.90. The van der Waals surface area contributed by atoms with Crippen LogP contribution in [-0.4, -0.2) is 34.1 Å². The van der Waals surface area contributed by atoms with Gasteiger partial charge in [-0.15, -0.1) is 5.10 Å². The topological polar surface area (TPSA) is 41.1 Å². The highest BCUT2D eigenvalue weighted by molar-refractivity contribution is 7.10. The fourth-order valence-electron chi connectivity index (χ4n) is 2.90. The van der Waals surface area contributed by atoms with Crippen molar-refractivity contribution in [3.8, 4) is 0 Å². The Labute approximate surface area is 120 Å². The smallest absolute Gasteiger partial charge is 0.134 e. The molecule has 1 aromatic heterocycles. The van der Waals surface area contributed by atoms with E-state index in [0.29, 0.717) is 0 Å². The lowest BCUT2D eigenvalue weighted by atomic mass is 9.96. The lowest BCUT2D eigenvalue weighted by Gasteiger charge is -2.19. The predicted octanol–water partition coefficient (Wildman–Crippen LogP) is 3.37. The number of rotatable bonds is 6. The third-order valence-corrected chi connectivity index (χ3v) is 4.63. The van der Waals surface area contributed by atoms with Crippen molar-refractivity contribution in [2.45, 2.75) is 52.5 Å². The van der Waals surface area contributed by atoms with E-state index in [1.165, 1.54) is 56.7 Å². The molecule has 2 rings (SSSR count). The molecule has 1 atom stereocenters. The van der Waals surface area contributed by atoms with E-state index in [-0.39, 0.29) is 0 Å². The van der Waals surface area contributed by atoms with Gasteiger partial charge in [0.15, 0.2) is 0 Å². The fraction of sp³-hybridized carbons (Fsp3) is 0.857. The van der Waals surface area contributed by atoms with Crippen LogP contribution in [0.1, 0.15) is 51.6 Å².